The summed E-state index contributed by atoms with van der Waals surface area (Å²) in [5.74, 6) is 0.388. The smallest absolute Gasteiger partial charge is 0.253 e. The molecule has 1 amide bonds. The second-order valence-corrected chi connectivity index (χ2v) is 5.89. The average Bonchev–Trinajstić information content (AvgIpc) is 2.44. The van der Waals surface area contributed by atoms with Gasteiger partial charge in [0.15, 0.2) is 0 Å². The van der Waals surface area contributed by atoms with Crippen LogP contribution < -0.4 is 5.73 Å². The SMILES string of the molecule is CN(CC1CCOCC1)C(=O)c1cc(N)c(Cl)c(Cl)c1. The summed E-state index contributed by atoms with van der Waals surface area (Å²) in [6.07, 6.45) is 1.97. The topological polar surface area (TPSA) is 55.6 Å². The second-order valence-electron chi connectivity index (χ2n) is 5.10. The van der Waals surface area contributed by atoms with Crippen molar-refractivity contribution in [3.8, 4) is 0 Å². The zero-order valence-electron chi connectivity index (χ0n) is 11.4. The van der Waals surface area contributed by atoms with Crippen molar-refractivity contribution in [2.24, 2.45) is 5.92 Å². The van der Waals surface area contributed by atoms with E-state index >= 15 is 0 Å². The zero-order chi connectivity index (χ0) is 14.7. The van der Waals surface area contributed by atoms with Crippen LogP contribution in [0.25, 0.3) is 0 Å². The van der Waals surface area contributed by atoms with Gasteiger partial charge < -0.3 is 15.4 Å². The molecule has 0 bridgehead atoms. The Hall–Kier alpha value is -0.970. The van der Waals surface area contributed by atoms with Crippen LogP contribution in [0.5, 0.6) is 0 Å². The highest BCUT2D eigenvalue weighted by Crippen LogP contribution is 2.30. The van der Waals surface area contributed by atoms with Crippen molar-refractivity contribution in [1.29, 1.82) is 0 Å². The molecule has 1 aromatic carbocycles. The number of carbonyl (C=O) groups excluding carboxylic acids is 1. The summed E-state index contributed by atoms with van der Waals surface area (Å²) in [4.78, 5) is 14.1. The van der Waals surface area contributed by atoms with Crippen molar-refractivity contribution in [3.05, 3.63) is 27.7 Å². The van der Waals surface area contributed by atoms with E-state index in [2.05, 4.69) is 0 Å². The van der Waals surface area contributed by atoms with E-state index in [0.29, 0.717) is 28.7 Å². The van der Waals surface area contributed by atoms with Gasteiger partial charge >= 0.3 is 0 Å². The van der Waals surface area contributed by atoms with Gasteiger partial charge in [0.2, 0.25) is 0 Å². The molecule has 20 heavy (non-hydrogen) atoms. The molecule has 6 heteroatoms. The van der Waals surface area contributed by atoms with Gasteiger partial charge in [0.25, 0.3) is 5.91 Å². The molecular weight excluding hydrogens is 299 g/mol. The minimum atomic E-state index is -0.0956. The average molecular weight is 317 g/mol. The molecule has 0 spiro atoms. The Morgan fingerprint density at radius 3 is 2.65 bits per heavy atom. The third kappa shape index (κ3) is 3.57. The summed E-state index contributed by atoms with van der Waals surface area (Å²) in [5.41, 5.74) is 6.53. The van der Waals surface area contributed by atoms with Crippen molar-refractivity contribution in [3.63, 3.8) is 0 Å². The van der Waals surface area contributed by atoms with Crippen LogP contribution in [0.1, 0.15) is 23.2 Å². The van der Waals surface area contributed by atoms with Crippen LogP contribution in [-0.2, 0) is 4.74 Å². The molecule has 1 aromatic rings. The molecule has 2 rings (SSSR count). The Kier molecular flexibility index (Phi) is 5.13. The lowest BCUT2D eigenvalue weighted by Crippen LogP contribution is -2.34. The van der Waals surface area contributed by atoms with Gasteiger partial charge in [-0.15, -0.1) is 0 Å². The number of rotatable bonds is 3. The summed E-state index contributed by atoms with van der Waals surface area (Å²) in [7, 11) is 1.79. The van der Waals surface area contributed by atoms with Crippen molar-refractivity contribution in [1.82, 2.24) is 4.90 Å². The second kappa shape index (κ2) is 6.66. The van der Waals surface area contributed by atoms with Gasteiger partial charge in [0, 0.05) is 32.4 Å². The van der Waals surface area contributed by atoms with E-state index in [4.69, 9.17) is 33.7 Å². The fraction of sp³-hybridized carbons (Fsp3) is 0.500. The lowest BCUT2D eigenvalue weighted by molar-refractivity contribution is 0.0497. The molecule has 0 unspecified atom stereocenters. The van der Waals surface area contributed by atoms with E-state index in [1.807, 2.05) is 0 Å². The van der Waals surface area contributed by atoms with E-state index in [1.54, 1.807) is 24.1 Å². The third-order valence-electron chi connectivity index (χ3n) is 3.52. The lowest BCUT2D eigenvalue weighted by Gasteiger charge is -2.27. The van der Waals surface area contributed by atoms with E-state index in [1.165, 1.54) is 0 Å². The summed E-state index contributed by atoms with van der Waals surface area (Å²) < 4.78 is 5.32. The van der Waals surface area contributed by atoms with E-state index < -0.39 is 0 Å². The van der Waals surface area contributed by atoms with Crippen LogP contribution in [0.2, 0.25) is 10.0 Å². The summed E-state index contributed by atoms with van der Waals surface area (Å²) >= 11 is 11.9. The van der Waals surface area contributed by atoms with Gasteiger partial charge in [-0.1, -0.05) is 23.2 Å². The number of hydrogen-bond donors (Lipinski definition) is 1. The largest absolute Gasteiger partial charge is 0.397 e. The number of nitrogens with two attached hydrogens (primary N) is 1. The molecule has 0 aliphatic carbocycles. The van der Waals surface area contributed by atoms with Gasteiger partial charge in [-0.05, 0) is 30.9 Å². The molecule has 2 N–H and O–H groups in total. The van der Waals surface area contributed by atoms with Crippen LogP contribution in [-0.4, -0.2) is 37.6 Å². The molecule has 0 atom stereocenters. The number of amides is 1. The number of anilines is 1. The third-order valence-corrected chi connectivity index (χ3v) is 4.34. The number of benzene rings is 1. The maximum absolute atomic E-state index is 12.4. The molecular formula is C14H18Cl2N2O2. The highest BCUT2D eigenvalue weighted by Gasteiger charge is 2.20. The van der Waals surface area contributed by atoms with Crippen LogP contribution >= 0.6 is 23.2 Å². The predicted molar refractivity (Wildman–Crippen MR) is 81.4 cm³/mol. The van der Waals surface area contributed by atoms with Gasteiger partial charge in [0.1, 0.15) is 0 Å². The fourth-order valence-electron chi connectivity index (χ4n) is 2.35. The van der Waals surface area contributed by atoms with Crippen LogP contribution in [0.3, 0.4) is 0 Å². The van der Waals surface area contributed by atoms with Crippen LogP contribution in [0.4, 0.5) is 5.69 Å². The van der Waals surface area contributed by atoms with Gasteiger partial charge in [-0.3, -0.25) is 4.79 Å². The number of hydrogen-bond acceptors (Lipinski definition) is 3. The number of nitrogen functional groups attached to an aromatic ring is 1. The number of carbonyl (C=O) groups is 1. The number of ether oxygens (including phenoxy) is 1. The first kappa shape index (κ1) is 15.4. The minimum Gasteiger partial charge on any atom is -0.397 e. The first-order chi connectivity index (χ1) is 9.49. The standard InChI is InChI=1S/C14H18Cl2N2O2/c1-18(8-9-2-4-20-5-3-9)14(19)10-6-11(15)13(16)12(17)7-10/h6-7,9H,2-5,8,17H2,1H3. The highest BCUT2D eigenvalue weighted by atomic mass is 35.5. The monoisotopic (exact) mass is 316 g/mol. The zero-order valence-corrected chi connectivity index (χ0v) is 12.9. The maximum Gasteiger partial charge on any atom is 0.253 e. The number of halogens is 2. The molecule has 1 heterocycles. The molecule has 4 nitrogen and oxygen atoms in total. The molecule has 0 saturated carbocycles. The normalized spacial score (nSPS) is 16.1. The molecule has 0 aromatic heterocycles. The van der Waals surface area contributed by atoms with Gasteiger partial charge in [0.05, 0.1) is 15.7 Å². The van der Waals surface area contributed by atoms with Crippen LogP contribution in [0.15, 0.2) is 12.1 Å². The Bertz CT molecular complexity index is 479. The Morgan fingerprint density at radius 1 is 1.40 bits per heavy atom. The Morgan fingerprint density at radius 2 is 2.05 bits per heavy atom. The first-order valence-corrected chi connectivity index (χ1v) is 7.32. The molecule has 110 valence electrons. The lowest BCUT2D eigenvalue weighted by atomic mass is 9.99. The van der Waals surface area contributed by atoms with Crippen molar-refractivity contribution < 1.29 is 9.53 Å². The summed E-state index contributed by atoms with van der Waals surface area (Å²) in [6.45, 7) is 2.25. The molecule has 0 radical (unpaired) electrons. The molecule has 1 aliphatic heterocycles. The van der Waals surface area contributed by atoms with Crippen molar-refractivity contribution >= 4 is 34.8 Å². The van der Waals surface area contributed by atoms with Crippen molar-refractivity contribution in [2.75, 3.05) is 32.5 Å². The first-order valence-electron chi connectivity index (χ1n) is 6.56. The molecule has 1 fully saturated rings. The predicted octanol–water partition coefficient (Wildman–Crippen LogP) is 3.07. The summed E-state index contributed by atoms with van der Waals surface area (Å²) in [6, 6.07) is 3.13. The molecule has 1 aliphatic rings. The summed E-state index contributed by atoms with van der Waals surface area (Å²) in [5, 5.41) is 0.588. The van der Waals surface area contributed by atoms with Crippen LogP contribution in [0, 0.1) is 5.92 Å². The Labute approximate surface area is 128 Å². The van der Waals surface area contributed by atoms with Crippen molar-refractivity contribution in [2.45, 2.75) is 12.8 Å². The molecule has 1 saturated heterocycles. The Balaban J connectivity index is 2.06. The van der Waals surface area contributed by atoms with E-state index in [-0.39, 0.29) is 10.9 Å². The fourth-order valence-corrected chi connectivity index (χ4v) is 2.69. The number of nitrogens with zero attached hydrogens (tertiary/aromatic N) is 1. The van der Waals surface area contributed by atoms with E-state index in [9.17, 15) is 4.79 Å². The maximum atomic E-state index is 12.4. The van der Waals surface area contributed by atoms with E-state index in [0.717, 1.165) is 26.1 Å². The van der Waals surface area contributed by atoms with Gasteiger partial charge in [-0.25, -0.2) is 0 Å². The minimum absolute atomic E-state index is 0.0956. The highest BCUT2D eigenvalue weighted by molar-refractivity contribution is 6.43. The quantitative estimate of drug-likeness (QED) is 0.872. The van der Waals surface area contributed by atoms with Gasteiger partial charge in [-0.2, -0.15) is 0 Å².